The molecule has 0 heterocycles. The summed E-state index contributed by atoms with van der Waals surface area (Å²) in [6.07, 6.45) is 0.946. The summed E-state index contributed by atoms with van der Waals surface area (Å²) in [5, 5.41) is 2.46. The van der Waals surface area contributed by atoms with Gasteiger partial charge in [0, 0.05) is 19.2 Å². The topological polar surface area (TPSA) is 75.7 Å². The summed E-state index contributed by atoms with van der Waals surface area (Å²) in [4.78, 5) is 14.3. The zero-order chi connectivity index (χ0) is 22.4. The van der Waals surface area contributed by atoms with E-state index in [2.05, 4.69) is 5.32 Å². The first-order chi connectivity index (χ1) is 14.7. The molecule has 31 heavy (non-hydrogen) atoms. The Kier molecular flexibility index (Phi) is 6.86. The predicted octanol–water partition coefficient (Wildman–Crippen LogP) is 4.54. The molecule has 0 atom stereocenters. The van der Waals surface area contributed by atoms with Crippen LogP contribution in [-0.2, 0) is 23.2 Å². The van der Waals surface area contributed by atoms with Crippen molar-refractivity contribution >= 4 is 21.8 Å². The van der Waals surface area contributed by atoms with Crippen molar-refractivity contribution in [3.63, 3.8) is 0 Å². The number of anilines is 1. The molecule has 9 heteroatoms. The molecule has 3 rings (SSSR count). The van der Waals surface area contributed by atoms with Crippen LogP contribution in [0.5, 0.6) is 5.75 Å². The monoisotopic (exact) mass is 446 g/mol. The summed E-state index contributed by atoms with van der Waals surface area (Å²) < 4.78 is 54.4. The Morgan fingerprint density at radius 3 is 2.13 bits per heavy atom. The number of benzene rings is 3. The Bertz CT molecular complexity index is 1150. The van der Waals surface area contributed by atoms with Crippen LogP contribution in [0.2, 0.25) is 0 Å². The molecule has 0 unspecified atom stereocenters. The molecule has 0 bridgehead atoms. The lowest BCUT2D eigenvalue weighted by molar-refractivity contribution is 0.206. The molecule has 0 fully saturated rings. The van der Waals surface area contributed by atoms with Gasteiger partial charge in [-0.2, -0.15) is 8.42 Å². The summed E-state index contributed by atoms with van der Waals surface area (Å²) in [6.45, 7) is 0.389. The van der Waals surface area contributed by atoms with Crippen LogP contribution in [0.3, 0.4) is 0 Å². The highest BCUT2D eigenvalue weighted by molar-refractivity contribution is 7.86. The lowest BCUT2D eigenvalue weighted by Crippen LogP contribution is -2.34. The molecule has 2 amide bonds. The largest absolute Gasteiger partial charge is 0.383 e. The van der Waals surface area contributed by atoms with Crippen molar-refractivity contribution in [1.82, 2.24) is 4.90 Å². The van der Waals surface area contributed by atoms with Gasteiger partial charge in [-0.05, 0) is 35.4 Å². The molecule has 0 spiro atoms. The van der Waals surface area contributed by atoms with Crippen LogP contribution in [-0.4, -0.2) is 25.6 Å². The Hall–Kier alpha value is -3.46. The molecule has 0 aromatic heterocycles. The first-order valence-corrected chi connectivity index (χ1v) is 11.0. The summed E-state index contributed by atoms with van der Waals surface area (Å²) in [7, 11) is -3.65. The van der Waals surface area contributed by atoms with Gasteiger partial charge >= 0.3 is 16.1 Å². The normalized spacial score (nSPS) is 11.1. The van der Waals surface area contributed by atoms with E-state index in [1.54, 1.807) is 12.1 Å². The number of nitrogens with one attached hydrogen (secondary N) is 1. The first kappa shape index (κ1) is 22.2. The standard InChI is InChI=1S/C22H20F2N2O4S/c1-31(28,29)30-19-10-7-17(8-11-19)15-26(14-16-5-3-2-4-6-16)22(27)25-21-12-9-18(23)13-20(21)24/h2-13H,14-15H2,1H3,(H,25,27). The predicted molar refractivity (Wildman–Crippen MR) is 113 cm³/mol. The molecule has 3 aromatic carbocycles. The van der Waals surface area contributed by atoms with Crippen molar-refractivity contribution in [2.45, 2.75) is 13.1 Å². The number of carbonyl (C=O) groups excluding carboxylic acids is 1. The zero-order valence-electron chi connectivity index (χ0n) is 16.6. The second-order valence-corrected chi connectivity index (χ2v) is 8.40. The second kappa shape index (κ2) is 9.57. The van der Waals surface area contributed by atoms with Crippen molar-refractivity contribution in [2.75, 3.05) is 11.6 Å². The van der Waals surface area contributed by atoms with Gasteiger partial charge in [-0.25, -0.2) is 13.6 Å². The number of urea groups is 1. The average Bonchev–Trinajstić information content (AvgIpc) is 2.70. The van der Waals surface area contributed by atoms with Crippen molar-refractivity contribution in [2.24, 2.45) is 0 Å². The van der Waals surface area contributed by atoms with Gasteiger partial charge in [0.05, 0.1) is 11.9 Å². The molecular formula is C22H20F2N2O4S. The van der Waals surface area contributed by atoms with Gasteiger partial charge in [-0.1, -0.05) is 42.5 Å². The summed E-state index contributed by atoms with van der Waals surface area (Å²) >= 11 is 0. The average molecular weight is 446 g/mol. The maximum absolute atomic E-state index is 14.0. The Labute approximate surface area is 179 Å². The maximum Gasteiger partial charge on any atom is 0.322 e. The molecule has 162 valence electrons. The van der Waals surface area contributed by atoms with Gasteiger partial charge in [-0.15, -0.1) is 0 Å². The third-order valence-electron chi connectivity index (χ3n) is 4.22. The van der Waals surface area contributed by atoms with E-state index in [4.69, 9.17) is 4.18 Å². The second-order valence-electron chi connectivity index (χ2n) is 6.83. The third-order valence-corrected chi connectivity index (χ3v) is 4.72. The molecule has 0 radical (unpaired) electrons. The number of carbonyl (C=O) groups is 1. The highest BCUT2D eigenvalue weighted by Gasteiger charge is 2.17. The van der Waals surface area contributed by atoms with Crippen molar-refractivity contribution in [1.29, 1.82) is 0 Å². The van der Waals surface area contributed by atoms with Crippen LogP contribution in [0.1, 0.15) is 11.1 Å². The molecule has 0 aliphatic heterocycles. The van der Waals surface area contributed by atoms with Crippen molar-refractivity contribution < 1.29 is 26.2 Å². The van der Waals surface area contributed by atoms with Gasteiger partial charge in [0.15, 0.2) is 0 Å². The Morgan fingerprint density at radius 2 is 1.55 bits per heavy atom. The third kappa shape index (κ3) is 6.78. The summed E-state index contributed by atoms with van der Waals surface area (Å²) in [5.41, 5.74) is 1.42. The van der Waals surface area contributed by atoms with Gasteiger partial charge in [-0.3, -0.25) is 0 Å². The minimum atomic E-state index is -3.65. The van der Waals surface area contributed by atoms with E-state index in [-0.39, 0.29) is 24.5 Å². The van der Waals surface area contributed by atoms with E-state index in [9.17, 15) is 22.0 Å². The zero-order valence-corrected chi connectivity index (χ0v) is 17.4. The van der Waals surface area contributed by atoms with E-state index in [1.807, 2.05) is 30.3 Å². The number of rotatable bonds is 7. The van der Waals surface area contributed by atoms with E-state index >= 15 is 0 Å². The number of hydrogen-bond acceptors (Lipinski definition) is 4. The van der Waals surface area contributed by atoms with E-state index < -0.39 is 27.8 Å². The Balaban J connectivity index is 1.79. The van der Waals surface area contributed by atoms with Crippen LogP contribution < -0.4 is 9.50 Å². The minimum absolute atomic E-state index is 0.138. The molecule has 0 aliphatic rings. The maximum atomic E-state index is 14.0. The van der Waals surface area contributed by atoms with Crippen LogP contribution in [0.15, 0.2) is 72.8 Å². The number of amides is 2. The summed E-state index contributed by atoms with van der Waals surface area (Å²) in [5.74, 6) is -1.47. The van der Waals surface area contributed by atoms with E-state index in [0.717, 1.165) is 24.0 Å². The highest BCUT2D eigenvalue weighted by atomic mass is 32.2. The lowest BCUT2D eigenvalue weighted by Gasteiger charge is -2.24. The molecule has 0 saturated heterocycles. The van der Waals surface area contributed by atoms with E-state index in [0.29, 0.717) is 11.6 Å². The van der Waals surface area contributed by atoms with Crippen molar-refractivity contribution in [3.8, 4) is 5.75 Å². The van der Waals surface area contributed by atoms with Gasteiger partial charge in [0.25, 0.3) is 0 Å². The minimum Gasteiger partial charge on any atom is -0.383 e. The molecule has 3 aromatic rings. The van der Waals surface area contributed by atoms with Crippen molar-refractivity contribution in [3.05, 3.63) is 95.6 Å². The number of halogens is 2. The van der Waals surface area contributed by atoms with Gasteiger partial charge in [0.1, 0.15) is 17.4 Å². The molecule has 1 N–H and O–H groups in total. The van der Waals surface area contributed by atoms with Crippen LogP contribution >= 0.6 is 0 Å². The molecular weight excluding hydrogens is 426 g/mol. The fourth-order valence-corrected chi connectivity index (χ4v) is 3.29. The quantitative estimate of drug-likeness (QED) is 0.541. The SMILES string of the molecule is CS(=O)(=O)Oc1ccc(CN(Cc2ccccc2)C(=O)Nc2ccc(F)cc2F)cc1. The van der Waals surface area contributed by atoms with Crippen LogP contribution in [0.25, 0.3) is 0 Å². The smallest absolute Gasteiger partial charge is 0.322 e. The Morgan fingerprint density at radius 1 is 0.935 bits per heavy atom. The van der Waals surface area contributed by atoms with Gasteiger partial charge in [0.2, 0.25) is 0 Å². The molecule has 0 aliphatic carbocycles. The first-order valence-electron chi connectivity index (χ1n) is 9.23. The molecule has 0 saturated carbocycles. The van der Waals surface area contributed by atoms with Crippen LogP contribution in [0.4, 0.5) is 19.3 Å². The van der Waals surface area contributed by atoms with Gasteiger partial charge < -0.3 is 14.4 Å². The number of nitrogens with zero attached hydrogens (tertiary/aromatic N) is 1. The molecule has 6 nitrogen and oxygen atoms in total. The van der Waals surface area contributed by atoms with Crippen LogP contribution in [0, 0.1) is 11.6 Å². The highest BCUT2D eigenvalue weighted by Crippen LogP contribution is 2.19. The lowest BCUT2D eigenvalue weighted by atomic mass is 10.1. The number of hydrogen-bond donors (Lipinski definition) is 1. The summed E-state index contributed by atoms with van der Waals surface area (Å²) in [6, 6.07) is 17.8. The van der Waals surface area contributed by atoms with E-state index in [1.165, 1.54) is 17.0 Å². The fourth-order valence-electron chi connectivity index (χ4n) is 2.83. The fraction of sp³-hybridized carbons (Fsp3) is 0.136.